The molecule has 11 rings (SSSR count). The van der Waals surface area contributed by atoms with Gasteiger partial charge in [-0.25, -0.2) is 28.8 Å². The van der Waals surface area contributed by atoms with E-state index in [-0.39, 0.29) is 0 Å². The fourth-order valence-corrected chi connectivity index (χ4v) is 10.2. The monoisotopic (exact) mass is 1080 g/mol. The van der Waals surface area contributed by atoms with E-state index in [9.17, 15) is 111 Å². The Labute approximate surface area is 425 Å². The number of carbonyl (C=O) groups excluding carboxylic acids is 4. The average molecular weight is 1080 g/mol. The van der Waals surface area contributed by atoms with E-state index >= 15 is 4.79 Å². The largest absolute Gasteiger partial charge is 0.504 e. The number of phenols is 16. The van der Waals surface area contributed by atoms with E-state index in [0.717, 1.165) is 0 Å². The Kier molecular flexibility index (Phi) is 10.4. The first-order chi connectivity index (χ1) is 36.8. The van der Waals surface area contributed by atoms with Crippen LogP contribution < -0.4 is 11.3 Å². The molecule has 400 valence electrons. The maximum atomic E-state index is 15.0. The van der Waals surface area contributed by atoms with Gasteiger partial charge in [-0.05, 0) is 30.7 Å². The Hall–Kier alpha value is -11.1. The van der Waals surface area contributed by atoms with Crippen molar-refractivity contribution < 1.29 is 134 Å². The molecule has 1 saturated carbocycles. The van der Waals surface area contributed by atoms with Crippen LogP contribution in [-0.2, 0) is 18.9 Å². The zero-order chi connectivity index (χ0) is 56.3. The predicted molar refractivity (Wildman–Crippen MR) is 249 cm³/mol. The van der Waals surface area contributed by atoms with E-state index in [1.165, 1.54) is 0 Å². The normalized spacial score (nSPS) is 19.3. The molecule has 0 saturated heterocycles. The van der Waals surface area contributed by atoms with Crippen molar-refractivity contribution in [2.24, 2.45) is 5.92 Å². The van der Waals surface area contributed by atoms with Crippen LogP contribution in [0.5, 0.6) is 92.0 Å². The van der Waals surface area contributed by atoms with Crippen molar-refractivity contribution in [3.05, 3.63) is 67.4 Å². The van der Waals surface area contributed by atoms with Crippen molar-refractivity contribution in [3.8, 4) is 125 Å². The first kappa shape index (κ1) is 49.1. The second kappa shape index (κ2) is 16.4. The number of benzene rings is 6. The number of phenolic OH excluding ortho intramolecular Hbond substituents is 16. The quantitative estimate of drug-likeness (QED) is 0.0341. The van der Waals surface area contributed by atoms with E-state index in [4.69, 9.17) is 27.8 Å². The van der Waals surface area contributed by atoms with Crippen molar-refractivity contribution in [1.29, 1.82) is 0 Å². The number of ether oxygens (including phenoxy) is 4. The highest BCUT2D eigenvalue weighted by Gasteiger charge is 2.53. The van der Waals surface area contributed by atoms with Crippen LogP contribution in [0.4, 0.5) is 0 Å². The number of cyclic esters (lactones) is 1. The van der Waals surface area contributed by atoms with Crippen LogP contribution in [0.3, 0.4) is 0 Å². The number of aliphatic hydroxyl groups excluding tert-OH is 1. The number of aliphatic hydroxyl groups is 1. The molecule has 6 bridgehead atoms. The molecule has 29 nitrogen and oxygen atoms in total. The average Bonchev–Trinajstić information content (AvgIpc) is 2.96. The minimum absolute atomic E-state index is 0.334. The lowest BCUT2D eigenvalue weighted by molar-refractivity contribution is -0.169. The van der Waals surface area contributed by atoms with Gasteiger partial charge in [-0.1, -0.05) is 0 Å². The van der Waals surface area contributed by atoms with Crippen molar-refractivity contribution in [3.63, 3.8) is 0 Å². The molecular formula is C49H30O29. The highest BCUT2D eigenvalue weighted by molar-refractivity contribution is 6.29. The highest BCUT2D eigenvalue weighted by Crippen LogP contribution is 2.59. The van der Waals surface area contributed by atoms with Crippen LogP contribution in [0.1, 0.15) is 47.9 Å². The van der Waals surface area contributed by atoms with Gasteiger partial charge < -0.3 is 115 Å². The minimum Gasteiger partial charge on any atom is -0.504 e. The summed E-state index contributed by atoms with van der Waals surface area (Å²) >= 11 is 0. The lowest BCUT2D eigenvalue weighted by Gasteiger charge is -2.43. The smallest absolute Gasteiger partial charge is 0.345 e. The van der Waals surface area contributed by atoms with Crippen molar-refractivity contribution in [2.75, 3.05) is 6.61 Å². The molecule has 3 aliphatic rings. The van der Waals surface area contributed by atoms with E-state index in [2.05, 4.69) is 0 Å². The van der Waals surface area contributed by atoms with Gasteiger partial charge in [0.1, 0.15) is 6.10 Å². The number of aromatic hydroxyl groups is 16. The lowest BCUT2D eigenvalue weighted by atomic mass is 9.80. The SMILES string of the molecule is O=C1OC2C(O)CC3COC(=O)c4cc(O)c(O)c(O)c4-c4c(O)c(O)c5oc(=O)c6c(c(O)c(O)c7oc(=O)c4c5c76)-c4c(cc(O)c(O)c4O)C(=O)OC3C2OC(=O)c2cc(O)c(O)c(O)c2-c2c1cc(O)c(O)c2O. The van der Waals surface area contributed by atoms with Crippen molar-refractivity contribution in [1.82, 2.24) is 0 Å². The summed E-state index contributed by atoms with van der Waals surface area (Å²) in [7, 11) is 0. The third-order valence-electron chi connectivity index (χ3n) is 13.7. The Bertz CT molecular complexity index is 4240. The van der Waals surface area contributed by atoms with Crippen LogP contribution in [0, 0.1) is 5.92 Å². The molecular weight excluding hydrogens is 1050 g/mol. The fraction of sp³-hybridized carbons (Fsp3) is 0.143. The number of hydrogen-bond acceptors (Lipinski definition) is 29. The Morgan fingerprint density at radius 2 is 0.654 bits per heavy atom. The van der Waals surface area contributed by atoms with Crippen LogP contribution >= 0.6 is 0 Å². The molecule has 0 spiro atoms. The molecule has 5 unspecified atom stereocenters. The summed E-state index contributed by atoms with van der Waals surface area (Å²) in [5, 5.41) is 185. The first-order valence-electron chi connectivity index (χ1n) is 22.1. The van der Waals surface area contributed by atoms with Gasteiger partial charge in [0.2, 0.25) is 34.5 Å². The zero-order valence-corrected chi connectivity index (χ0v) is 38.1. The van der Waals surface area contributed by atoms with E-state index in [0.29, 0.717) is 24.3 Å². The van der Waals surface area contributed by atoms with Gasteiger partial charge in [0.05, 0.1) is 45.7 Å². The standard InChI is InChI=1S/C49H30O29/c50-12-2-8-19(33(61)29(12)57)21-25-23-24-26(49(72)77-41(23)37(65)35(21)63)22(36(64)38(66)42(24)76-48(25)71)20-11(5-15(53)30(58)34(20)62)45(68)74-39-7(6-73-44(8)67)1-16(54)40-43(39)78-47(70)10-4-14(52)28(56)32(60)18(10)17-9(46(69)75-40)3-13(51)27(55)31(17)59/h2-5,7,16,39-40,43,50-66H,1,6H2. The highest BCUT2D eigenvalue weighted by atomic mass is 16.6. The van der Waals surface area contributed by atoms with Crippen molar-refractivity contribution in [2.45, 2.75) is 30.8 Å². The molecule has 1 aliphatic carbocycles. The summed E-state index contributed by atoms with van der Waals surface area (Å²) in [5.41, 5.74) is -17.3. The Balaban J connectivity index is 1.22. The Morgan fingerprint density at radius 1 is 0.346 bits per heavy atom. The molecule has 0 amide bonds. The van der Waals surface area contributed by atoms with Gasteiger partial charge in [0.15, 0.2) is 80.9 Å². The van der Waals surface area contributed by atoms with E-state index < -0.39 is 259 Å². The summed E-state index contributed by atoms with van der Waals surface area (Å²) in [6, 6.07) is 1.57. The number of rotatable bonds is 0. The molecule has 2 aromatic heterocycles. The maximum Gasteiger partial charge on any atom is 0.345 e. The van der Waals surface area contributed by atoms with Crippen LogP contribution in [0.15, 0.2) is 42.7 Å². The van der Waals surface area contributed by atoms with Gasteiger partial charge in [-0.3, -0.25) is 0 Å². The third kappa shape index (κ3) is 6.50. The second-order valence-electron chi connectivity index (χ2n) is 17.9. The number of esters is 4. The van der Waals surface area contributed by atoms with E-state index in [1.807, 2.05) is 0 Å². The number of fused-ring (bicyclic) bond motifs is 10. The van der Waals surface area contributed by atoms with E-state index in [1.54, 1.807) is 0 Å². The summed E-state index contributed by atoms with van der Waals surface area (Å²) in [4.78, 5) is 86.8. The summed E-state index contributed by atoms with van der Waals surface area (Å²) in [6.07, 6.45) is -10.4. The molecule has 6 aromatic carbocycles. The van der Waals surface area contributed by atoms with Crippen LogP contribution in [0.25, 0.3) is 66.1 Å². The zero-order valence-electron chi connectivity index (χ0n) is 38.1. The van der Waals surface area contributed by atoms with Gasteiger partial charge in [0.25, 0.3) is 0 Å². The molecule has 17 N–H and O–H groups in total. The number of carbonyl (C=O) groups is 4. The molecule has 5 atom stereocenters. The van der Waals surface area contributed by atoms with Gasteiger partial charge in [-0.2, -0.15) is 0 Å². The molecule has 78 heavy (non-hydrogen) atoms. The lowest BCUT2D eigenvalue weighted by Crippen LogP contribution is -2.59. The van der Waals surface area contributed by atoms with Gasteiger partial charge in [0, 0.05) is 50.1 Å². The molecule has 0 radical (unpaired) electrons. The molecule has 8 aromatic rings. The molecule has 4 heterocycles. The molecule has 1 fully saturated rings. The summed E-state index contributed by atoms with van der Waals surface area (Å²) in [5.74, 6) is -32.3. The topological polar surface area (TPSA) is 510 Å². The molecule has 2 aliphatic heterocycles. The summed E-state index contributed by atoms with van der Waals surface area (Å²) < 4.78 is 33.4. The first-order valence-corrected chi connectivity index (χ1v) is 22.1. The second-order valence-corrected chi connectivity index (χ2v) is 17.9. The number of hydrogen-bond donors (Lipinski definition) is 17. The molecule has 29 heteroatoms. The van der Waals surface area contributed by atoms with Gasteiger partial charge in [-0.15, -0.1) is 0 Å². The van der Waals surface area contributed by atoms with Crippen molar-refractivity contribution >= 4 is 56.6 Å². The predicted octanol–water partition coefficient (Wildman–Crippen LogP) is 2.62. The maximum absolute atomic E-state index is 15.0. The van der Waals surface area contributed by atoms with Gasteiger partial charge >= 0.3 is 35.1 Å². The fourth-order valence-electron chi connectivity index (χ4n) is 10.2. The minimum atomic E-state index is -2.51. The summed E-state index contributed by atoms with van der Waals surface area (Å²) in [6.45, 7) is -1.24. The van der Waals surface area contributed by atoms with Crippen LogP contribution in [-0.4, -0.2) is 142 Å². The van der Waals surface area contributed by atoms with Crippen LogP contribution in [0.2, 0.25) is 0 Å². The Morgan fingerprint density at radius 3 is 1.03 bits per heavy atom. The third-order valence-corrected chi connectivity index (χ3v) is 13.7.